The predicted octanol–water partition coefficient (Wildman–Crippen LogP) is 3.32. The molecule has 1 aliphatic rings. The molecule has 0 aliphatic carbocycles. The lowest BCUT2D eigenvalue weighted by Gasteiger charge is -2.33. The van der Waals surface area contributed by atoms with Crippen LogP contribution in [0.5, 0.6) is 0 Å². The Morgan fingerprint density at radius 1 is 1.33 bits per heavy atom. The Bertz CT molecular complexity index is 1010. The van der Waals surface area contributed by atoms with E-state index in [2.05, 4.69) is 31.5 Å². The molecule has 0 spiro atoms. The number of nitrogens with zero attached hydrogens (tertiary/aromatic N) is 3. The van der Waals surface area contributed by atoms with E-state index in [1.165, 1.54) is 16.7 Å². The lowest BCUT2D eigenvalue weighted by atomic mass is 9.94. The number of H-pyrrole nitrogens is 1. The van der Waals surface area contributed by atoms with Gasteiger partial charge in [0.05, 0.1) is 27.4 Å². The second kappa shape index (κ2) is 7.53. The molecule has 1 unspecified atom stereocenters. The average Bonchev–Trinajstić information content (AvgIpc) is 3.33. The third-order valence-electron chi connectivity index (χ3n) is 4.97. The Morgan fingerprint density at radius 3 is 3.00 bits per heavy atom. The largest absolute Gasteiger partial charge is 0.298 e. The summed E-state index contributed by atoms with van der Waals surface area (Å²) >= 11 is 1.69. The Labute approximate surface area is 163 Å². The van der Waals surface area contributed by atoms with E-state index < -0.39 is 9.84 Å². The van der Waals surface area contributed by atoms with E-state index in [-0.39, 0.29) is 5.92 Å². The number of piperidine rings is 1. The molecule has 4 heterocycles. The van der Waals surface area contributed by atoms with Gasteiger partial charge in [-0.3, -0.25) is 15.0 Å². The maximum absolute atomic E-state index is 12.1. The van der Waals surface area contributed by atoms with Crippen molar-refractivity contribution < 1.29 is 8.42 Å². The van der Waals surface area contributed by atoms with Crippen LogP contribution in [-0.4, -0.2) is 47.8 Å². The van der Waals surface area contributed by atoms with Gasteiger partial charge < -0.3 is 0 Å². The fraction of sp³-hybridized carbons (Fsp3) is 0.368. The first-order chi connectivity index (χ1) is 13.0. The van der Waals surface area contributed by atoms with Crippen LogP contribution >= 0.6 is 11.3 Å². The number of sulfone groups is 1. The number of thiophene rings is 1. The van der Waals surface area contributed by atoms with Gasteiger partial charge in [0.15, 0.2) is 9.84 Å². The van der Waals surface area contributed by atoms with Crippen molar-refractivity contribution in [3.63, 3.8) is 0 Å². The van der Waals surface area contributed by atoms with Gasteiger partial charge in [0, 0.05) is 37.0 Å². The summed E-state index contributed by atoms with van der Waals surface area (Å²) < 4.78 is 24.3. The molecule has 1 N–H and O–H groups in total. The fourth-order valence-electron chi connectivity index (χ4n) is 3.75. The smallest absolute Gasteiger partial charge is 0.177 e. The van der Waals surface area contributed by atoms with Crippen molar-refractivity contribution in [3.8, 4) is 10.6 Å². The van der Waals surface area contributed by atoms with Crippen molar-refractivity contribution in [1.29, 1.82) is 0 Å². The van der Waals surface area contributed by atoms with Crippen molar-refractivity contribution in [1.82, 2.24) is 20.1 Å². The van der Waals surface area contributed by atoms with Gasteiger partial charge in [0.25, 0.3) is 0 Å². The standard InChI is InChI=1S/C19H22N4O2S2/c1-27(24,25)17-7-2-8-20-19(17)14-5-3-9-23(12-14)13-15-11-21-22-18(15)16-6-4-10-26-16/h2,4,6-8,10-11,14H,3,5,9,12-13H2,1H3,(H,21,22). The lowest BCUT2D eigenvalue weighted by Crippen LogP contribution is -2.34. The quantitative estimate of drug-likeness (QED) is 0.708. The maximum atomic E-state index is 12.1. The van der Waals surface area contributed by atoms with E-state index >= 15 is 0 Å². The van der Waals surface area contributed by atoms with Crippen LogP contribution in [0.15, 0.2) is 46.9 Å². The third-order valence-corrected chi connectivity index (χ3v) is 7.00. The molecule has 1 saturated heterocycles. The van der Waals surface area contributed by atoms with Gasteiger partial charge in [-0.2, -0.15) is 5.10 Å². The fourth-order valence-corrected chi connectivity index (χ4v) is 5.43. The number of hydrogen-bond acceptors (Lipinski definition) is 6. The van der Waals surface area contributed by atoms with E-state index in [1.807, 2.05) is 12.3 Å². The third kappa shape index (κ3) is 3.97. The minimum atomic E-state index is -3.28. The first kappa shape index (κ1) is 18.3. The molecule has 0 bridgehead atoms. The number of hydrogen-bond donors (Lipinski definition) is 1. The normalized spacial score (nSPS) is 18.6. The summed E-state index contributed by atoms with van der Waals surface area (Å²) in [7, 11) is -3.28. The van der Waals surface area contributed by atoms with Crippen LogP contribution in [0.4, 0.5) is 0 Å². The van der Waals surface area contributed by atoms with Crippen molar-refractivity contribution in [3.05, 3.63) is 53.3 Å². The molecular formula is C19H22N4O2S2. The molecule has 3 aromatic rings. The first-order valence-electron chi connectivity index (χ1n) is 8.96. The first-order valence-corrected chi connectivity index (χ1v) is 11.7. The van der Waals surface area contributed by atoms with Crippen LogP contribution in [0.3, 0.4) is 0 Å². The highest BCUT2D eigenvalue weighted by molar-refractivity contribution is 7.90. The van der Waals surface area contributed by atoms with Crippen molar-refractivity contribution in [2.75, 3.05) is 19.3 Å². The zero-order valence-corrected chi connectivity index (χ0v) is 16.8. The minimum Gasteiger partial charge on any atom is -0.298 e. The second-order valence-electron chi connectivity index (χ2n) is 6.98. The molecule has 0 saturated carbocycles. The van der Waals surface area contributed by atoms with Crippen LogP contribution < -0.4 is 0 Å². The van der Waals surface area contributed by atoms with E-state index in [1.54, 1.807) is 29.7 Å². The number of likely N-dealkylation sites (tertiary alicyclic amines) is 1. The van der Waals surface area contributed by atoms with E-state index in [0.29, 0.717) is 10.6 Å². The summed E-state index contributed by atoms with van der Waals surface area (Å²) in [6.07, 6.45) is 6.82. The van der Waals surface area contributed by atoms with Gasteiger partial charge in [-0.15, -0.1) is 11.3 Å². The number of nitrogens with one attached hydrogen (secondary N) is 1. The van der Waals surface area contributed by atoms with Gasteiger partial charge >= 0.3 is 0 Å². The van der Waals surface area contributed by atoms with Crippen LogP contribution in [0, 0.1) is 0 Å². The Balaban J connectivity index is 1.55. The Morgan fingerprint density at radius 2 is 2.22 bits per heavy atom. The molecule has 0 aromatic carbocycles. The summed E-state index contributed by atoms with van der Waals surface area (Å²) in [6, 6.07) is 7.49. The zero-order chi connectivity index (χ0) is 18.9. The second-order valence-corrected chi connectivity index (χ2v) is 9.91. The summed E-state index contributed by atoms with van der Waals surface area (Å²) in [6.45, 7) is 2.59. The van der Waals surface area contributed by atoms with Crippen LogP contribution in [0.25, 0.3) is 10.6 Å². The highest BCUT2D eigenvalue weighted by Gasteiger charge is 2.27. The predicted molar refractivity (Wildman–Crippen MR) is 106 cm³/mol. The molecule has 1 aliphatic heterocycles. The molecule has 4 rings (SSSR count). The van der Waals surface area contributed by atoms with Crippen molar-refractivity contribution in [2.45, 2.75) is 30.2 Å². The molecular weight excluding hydrogens is 380 g/mol. The SMILES string of the molecule is CS(=O)(=O)c1cccnc1C1CCCN(Cc2cn[nH]c2-c2cccs2)C1. The van der Waals surface area contributed by atoms with Crippen LogP contribution in [0.2, 0.25) is 0 Å². The summed E-state index contributed by atoms with van der Waals surface area (Å²) in [5.41, 5.74) is 2.94. The molecule has 1 atom stereocenters. The molecule has 142 valence electrons. The van der Waals surface area contributed by atoms with Crippen LogP contribution in [-0.2, 0) is 16.4 Å². The number of aromatic amines is 1. The molecule has 27 heavy (non-hydrogen) atoms. The Hall–Kier alpha value is -2.03. The highest BCUT2D eigenvalue weighted by Crippen LogP contribution is 2.32. The van der Waals surface area contributed by atoms with E-state index in [4.69, 9.17) is 0 Å². The molecule has 0 amide bonds. The number of pyridine rings is 1. The van der Waals surface area contributed by atoms with Crippen molar-refractivity contribution >= 4 is 21.2 Å². The summed E-state index contributed by atoms with van der Waals surface area (Å²) in [4.78, 5) is 8.35. The van der Waals surface area contributed by atoms with Gasteiger partial charge in [0.1, 0.15) is 0 Å². The van der Waals surface area contributed by atoms with E-state index in [9.17, 15) is 8.42 Å². The molecule has 1 fully saturated rings. The number of rotatable bonds is 5. The monoisotopic (exact) mass is 402 g/mol. The number of aromatic nitrogens is 3. The topological polar surface area (TPSA) is 79.0 Å². The molecule has 3 aromatic heterocycles. The lowest BCUT2D eigenvalue weighted by molar-refractivity contribution is 0.197. The zero-order valence-electron chi connectivity index (χ0n) is 15.1. The highest BCUT2D eigenvalue weighted by atomic mass is 32.2. The average molecular weight is 403 g/mol. The van der Waals surface area contributed by atoms with Gasteiger partial charge in [-0.1, -0.05) is 6.07 Å². The molecule has 8 heteroatoms. The summed E-state index contributed by atoms with van der Waals surface area (Å²) in [5.74, 6) is 0.127. The van der Waals surface area contributed by atoms with Gasteiger partial charge in [-0.05, 0) is 43.0 Å². The van der Waals surface area contributed by atoms with Crippen LogP contribution in [0.1, 0.15) is 30.0 Å². The van der Waals surface area contributed by atoms with Gasteiger partial charge in [-0.25, -0.2) is 8.42 Å². The summed E-state index contributed by atoms with van der Waals surface area (Å²) in [5, 5.41) is 9.40. The molecule has 0 radical (unpaired) electrons. The van der Waals surface area contributed by atoms with E-state index in [0.717, 1.165) is 38.2 Å². The minimum absolute atomic E-state index is 0.127. The molecule has 6 nitrogen and oxygen atoms in total. The Kier molecular flexibility index (Phi) is 5.12. The van der Waals surface area contributed by atoms with Crippen molar-refractivity contribution in [2.24, 2.45) is 0 Å². The van der Waals surface area contributed by atoms with Gasteiger partial charge in [0.2, 0.25) is 0 Å². The maximum Gasteiger partial charge on any atom is 0.177 e.